The number of aliphatic carboxylic acids is 1. The number of halogens is 3. The van der Waals surface area contributed by atoms with E-state index >= 15 is 0 Å². The molecular formula is C8H14F3NO4S. The average molecular weight is 277 g/mol. The lowest BCUT2D eigenvalue weighted by molar-refractivity contribution is -0.146. The van der Waals surface area contributed by atoms with Gasteiger partial charge < -0.3 is 5.11 Å². The highest BCUT2D eigenvalue weighted by Crippen LogP contribution is 2.24. The third-order valence-electron chi connectivity index (χ3n) is 1.78. The van der Waals surface area contributed by atoms with Crippen molar-refractivity contribution in [3.63, 3.8) is 0 Å². The molecule has 0 atom stereocenters. The van der Waals surface area contributed by atoms with Crippen LogP contribution < -0.4 is 0 Å². The molecule has 5 nitrogen and oxygen atoms in total. The van der Waals surface area contributed by atoms with Crippen LogP contribution in [-0.4, -0.2) is 47.8 Å². The molecule has 0 radical (unpaired) electrons. The van der Waals surface area contributed by atoms with Crippen LogP contribution in [0.5, 0.6) is 0 Å². The summed E-state index contributed by atoms with van der Waals surface area (Å²) < 4.78 is 58.4. The van der Waals surface area contributed by atoms with Gasteiger partial charge >= 0.3 is 12.1 Å². The van der Waals surface area contributed by atoms with Crippen LogP contribution in [0.2, 0.25) is 0 Å². The maximum atomic E-state index is 12.2. The average Bonchev–Trinajstić information content (AvgIpc) is 1.96. The van der Waals surface area contributed by atoms with Crippen molar-refractivity contribution in [3.8, 4) is 0 Å². The Hall–Kier alpha value is -0.830. The summed E-state index contributed by atoms with van der Waals surface area (Å²) in [4.78, 5) is 10.4. The van der Waals surface area contributed by atoms with Gasteiger partial charge in [0.1, 0.15) is 13.1 Å². The predicted octanol–water partition coefficient (Wildman–Crippen LogP) is 1.06. The van der Waals surface area contributed by atoms with Crippen molar-refractivity contribution in [1.29, 1.82) is 0 Å². The van der Waals surface area contributed by atoms with Gasteiger partial charge in [0.2, 0.25) is 10.0 Å². The van der Waals surface area contributed by atoms with Gasteiger partial charge in [-0.1, -0.05) is 0 Å². The molecule has 102 valence electrons. The first-order valence-electron chi connectivity index (χ1n) is 4.55. The number of hydrogen-bond donors (Lipinski definition) is 1. The first-order chi connectivity index (χ1) is 7.27. The Balaban J connectivity index is 5.27. The number of sulfonamides is 1. The minimum Gasteiger partial charge on any atom is -0.480 e. The van der Waals surface area contributed by atoms with Crippen LogP contribution in [-0.2, 0) is 14.8 Å². The second-order valence-corrected chi connectivity index (χ2v) is 7.09. The highest BCUT2D eigenvalue weighted by atomic mass is 32.2. The second-order valence-electron chi connectivity index (χ2n) is 4.39. The molecule has 0 aromatic carbocycles. The lowest BCUT2D eigenvalue weighted by Crippen LogP contribution is -2.48. The highest BCUT2D eigenvalue weighted by Gasteiger charge is 2.42. The van der Waals surface area contributed by atoms with Crippen molar-refractivity contribution in [1.82, 2.24) is 4.31 Å². The van der Waals surface area contributed by atoms with Crippen molar-refractivity contribution in [2.24, 2.45) is 0 Å². The lowest BCUT2D eigenvalue weighted by atomic mass is 10.3. The van der Waals surface area contributed by atoms with Crippen molar-refractivity contribution in [2.45, 2.75) is 31.7 Å². The topological polar surface area (TPSA) is 74.7 Å². The first-order valence-corrected chi connectivity index (χ1v) is 5.99. The number of carboxylic acid groups (broad SMARTS) is 1. The molecule has 0 spiro atoms. The number of nitrogens with zero attached hydrogens (tertiary/aromatic N) is 1. The molecule has 0 aromatic heterocycles. The quantitative estimate of drug-likeness (QED) is 0.834. The van der Waals surface area contributed by atoms with Crippen LogP contribution in [0, 0.1) is 0 Å². The fourth-order valence-electron chi connectivity index (χ4n) is 0.964. The standard InChI is InChI=1S/C8H14F3NO4S/c1-7(2,3)17(15,16)12(4-6(13)14)5-8(9,10)11/h4-5H2,1-3H3,(H,13,14). The van der Waals surface area contributed by atoms with Crippen LogP contribution in [0.4, 0.5) is 13.2 Å². The van der Waals surface area contributed by atoms with E-state index in [1.807, 2.05) is 0 Å². The Morgan fingerprint density at radius 1 is 1.24 bits per heavy atom. The summed E-state index contributed by atoms with van der Waals surface area (Å²) in [6, 6.07) is 0. The van der Waals surface area contributed by atoms with E-state index in [4.69, 9.17) is 5.11 Å². The Morgan fingerprint density at radius 2 is 1.65 bits per heavy atom. The summed E-state index contributed by atoms with van der Waals surface area (Å²) >= 11 is 0. The monoisotopic (exact) mass is 277 g/mol. The zero-order valence-corrected chi connectivity index (χ0v) is 10.4. The van der Waals surface area contributed by atoms with Gasteiger partial charge in [-0.25, -0.2) is 8.42 Å². The van der Waals surface area contributed by atoms with Crippen molar-refractivity contribution in [3.05, 3.63) is 0 Å². The summed E-state index contributed by atoms with van der Waals surface area (Å²) in [7, 11) is -4.33. The molecule has 9 heteroatoms. The number of alkyl halides is 3. The fraction of sp³-hybridized carbons (Fsp3) is 0.875. The molecule has 0 fully saturated rings. The van der Waals surface area contributed by atoms with Gasteiger partial charge in [0, 0.05) is 0 Å². The molecule has 0 saturated carbocycles. The van der Waals surface area contributed by atoms with Crippen LogP contribution in [0.3, 0.4) is 0 Å². The van der Waals surface area contributed by atoms with E-state index in [1.165, 1.54) is 20.8 Å². The third-order valence-corrected chi connectivity index (χ3v) is 4.27. The Bertz CT molecular complexity index is 383. The smallest absolute Gasteiger partial charge is 0.402 e. The molecule has 0 bridgehead atoms. The largest absolute Gasteiger partial charge is 0.480 e. The van der Waals surface area contributed by atoms with Gasteiger partial charge in [-0.2, -0.15) is 17.5 Å². The number of carbonyl (C=O) groups is 1. The second kappa shape index (κ2) is 4.81. The minimum atomic E-state index is -4.78. The van der Waals surface area contributed by atoms with Crippen LogP contribution >= 0.6 is 0 Å². The van der Waals surface area contributed by atoms with Crippen molar-refractivity contribution >= 4 is 16.0 Å². The molecule has 0 aromatic rings. The number of carboxylic acids is 1. The minimum absolute atomic E-state index is 0.0741. The Kier molecular flexibility index (Phi) is 4.57. The normalized spacial score (nSPS) is 14.1. The molecule has 0 aliphatic rings. The van der Waals surface area contributed by atoms with E-state index in [-0.39, 0.29) is 4.31 Å². The summed E-state index contributed by atoms with van der Waals surface area (Å²) in [5.41, 5.74) is 0. The van der Waals surface area contributed by atoms with Gasteiger partial charge in [0.15, 0.2) is 0 Å². The molecule has 0 amide bonds. The van der Waals surface area contributed by atoms with E-state index in [2.05, 4.69) is 0 Å². The SMILES string of the molecule is CC(C)(C)S(=O)(=O)N(CC(=O)O)CC(F)(F)F. The summed E-state index contributed by atoms with van der Waals surface area (Å²) in [6.07, 6.45) is -4.78. The van der Waals surface area contributed by atoms with E-state index in [0.29, 0.717) is 0 Å². The maximum absolute atomic E-state index is 12.2. The van der Waals surface area contributed by atoms with Crippen LogP contribution in [0.15, 0.2) is 0 Å². The highest BCUT2D eigenvalue weighted by molar-refractivity contribution is 7.90. The van der Waals surface area contributed by atoms with Crippen LogP contribution in [0.25, 0.3) is 0 Å². The molecule has 0 aliphatic carbocycles. The molecule has 1 N–H and O–H groups in total. The van der Waals surface area contributed by atoms with E-state index < -0.39 is 40.0 Å². The number of rotatable bonds is 4. The van der Waals surface area contributed by atoms with Gasteiger partial charge in [0.05, 0.1) is 4.75 Å². The summed E-state index contributed by atoms with van der Waals surface area (Å²) in [6.45, 7) is 0.590. The molecule has 0 saturated heterocycles. The first kappa shape index (κ1) is 16.2. The predicted molar refractivity (Wildman–Crippen MR) is 53.9 cm³/mol. The summed E-state index contributed by atoms with van der Waals surface area (Å²) in [5, 5.41) is 8.44. The van der Waals surface area contributed by atoms with E-state index in [1.54, 1.807) is 0 Å². The van der Waals surface area contributed by atoms with Crippen LogP contribution in [0.1, 0.15) is 20.8 Å². The Morgan fingerprint density at radius 3 is 1.88 bits per heavy atom. The Labute approximate surface area is 97.3 Å². The molecule has 17 heavy (non-hydrogen) atoms. The van der Waals surface area contributed by atoms with Crippen molar-refractivity contribution < 1.29 is 31.5 Å². The van der Waals surface area contributed by atoms with Gasteiger partial charge in [-0.05, 0) is 20.8 Å². The van der Waals surface area contributed by atoms with Gasteiger partial charge in [-0.15, -0.1) is 0 Å². The molecule has 0 unspecified atom stereocenters. The third kappa shape index (κ3) is 4.90. The lowest BCUT2D eigenvalue weighted by Gasteiger charge is -2.29. The maximum Gasteiger partial charge on any atom is 0.402 e. The molecule has 0 rings (SSSR count). The van der Waals surface area contributed by atoms with E-state index in [0.717, 1.165) is 0 Å². The van der Waals surface area contributed by atoms with Crippen molar-refractivity contribution in [2.75, 3.05) is 13.1 Å². The van der Waals surface area contributed by atoms with Gasteiger partial charge in [-0.3, -0.25) is 4.79 Å². The van der Waals surface area contributed by atoms with Gasteiger partial charge in [0.25, 0.3) is 0 Å². The zero-order chi connectivity index (χ0) is 14.1. The van der Waals surface area contributed by atoms with E-state index in [9.17, 15) is 26.4 Å². The zero-order valence-electron chi connectivity index (χ0n) is 9.58. The molecule has 0 heterocycles. The molecular weight excluding hydrogens is 263 g/mol. The summed E-state index contributed by atoms with van der Waals surface area (Å²) in [5.74, 6) is -1.64. The number of hydrogen-bond acceptors (Lipinski definition) is 3. The fourth-order valence-corrected chi connectivity index (χ4v) is 2.34. The molecule has 0 aliphatic heterocycles.